The number of β-amino-alcohol motifs (C(OH)–C–C–N with tert-alkyl or cyclic N) is 1. The topological polar surface area (TPSA) is 78.4 Å². The molecule has 0 aliphatic carbocycles. The number of aryl methyl sites for hydroxylation is 1. The van der Waals surface area contributed by atoms with Crippen molar-refractivity contribution in [1.82, 2.24) is 20.4 Å². The molecule has 1 aliphatic rings. The quantitative estimate of drug-likeness (QED) is 0.817. The summed E-state index contributed by atoms with van der Waals surface area (Å²) in [6.07, 6.45) is 1.82. The van der Waals surface area contributed by atoms with Crippen molar-refractivity contribution in [2.75, 3.05) is 19.6 Å². The van der Waals surface area contributed by atoms with E-state index in [1.807, 2.05) is 19.9 Å². The highest BCUT2D eigenvalue weighted by atomic mass is 32.1. The van der Waals surface area contributed by atoms with Crippen molar-refractivity contribution in [3.63, 3.8) is 0 Å². The van der Waals surface area contributed by atoms with Crippen LogP contribution in [0.1, 0.15) is 41.0 Å². The number of aliphatic hydroxyl groups is 1. The van der Waals surface area contributed by atoms with Gasteiger partial charge < -0.3 is 10.4 Å². The summed E-state index contributed by atoms with van der Waals surface area (Å²) in [5.41, 5.74) is 3.85. The van der Waals surface area contributed by atoms with Gasteiger partial charge >= 0.3 is 0 Å². The van der Waals surface area contributed by atoms with Crippen molar-refractivity contribution < 1.29 is 9.90 Å². The molecule has 1 aromatic heterocycles. The van der Waals surface area contributed by atoms with Gasteiger partial charge in [0.1, 0.15) is 0 Å². The molecule has 0 unspecified atom stereocenters. The van der Waals surface area contributed by atoms with E-state index in [0.717, 1.165) is 19.5 Å². The number of hydrogen-bond donors (Lipinski definition) is 2. The fraction of sp³-hybridized carbons (Fsp3) is 0.450. The maximum atomic E-state index is 12.1. The average Bonchev–Trinajstić information content (AvgIpc) is 2.67. The Labute approximate surface area is 168 Å². The maximum Gasteiger partial charge on any atom is 0.253 e. The Morgan fingerprint density at radius 3 is 2.70 bits per heavy atom. The zero-order chi connectivity index (χ0) is 18.9. The van der Waals surface area contributed by atoms with Crippen LogP contribution in [0.15, 0.2) is 36.5 Å². The average molecular weight is 391 g/mol. The van der Waals surface area contributed by atoms with Gasteiger partial charge in [-0.25, -0.2) is 0 Å². The minimum Gasteiger partial charge on any atom is -0.390 e. The lowest BCUT2D eigenvalue weighted by Crippen LogP contribution is -2.42. The van der Waals surface area contributed by atoms with E-state index in [9.17, 15) is 9.90 Å². The molecule has 0 fully saturated rings. The van der Waals surface area contributed by atoms with Gasteiger partial charge in [0.15, 0.2) is 0 Å². The molecule has 0 spiro atoms. The number of rotatable bonds is 5. The van der Waals surface area contributed by atoms with Crippen molar-refractivity contribution in [3.8, 4) is 0 Å². The van der Waals surface area contributed by atoms with Crippen molar-refractivity contribution in [1.29, 1.82) is 0 Å². The molecule has 0 saturated heterocycles. The summed E-state index contributed by atoms with van der Waals surface area (Å²) in [5.74, 6) is -0.240. The Bertz CT molecular complexity index is 727. The number of aliphatic hydroxyl groups excluding tert-OH is 1. The van der Waals surface area contributed by atoms with Crippen LogP contribution >= 0.6 is 13.5 Å². The summed E-state index contributed by atoms with van der Waals surface area (Å²) in [5, 5.41) is 20.6. The van der Waals surface area contributed by atoms with Crippen molar-refractivity contribution >= 4 is 19.4 Å². The van der Waals surface area contributed by atoms with E-state index in [1.54, 1.807) is 13.0 Å². The molecule has 0 radical (unpaired) electrons. The minimum atomic E-state index is -0.602. The lowest BCUT2D eigenvalue weighted by molar-refractivity contribution is 0.0841. The second-order valence-corrected chi connectivity index (χ2v) is 6.20. The Hall–Kier alpha value is -1.96. The van der Waals surface area contributed by atoms with Gasteiger partial charge in [0.25, 0.3) is 5.91 Å². The summed E-state index contributed by atoms with van der Waals surface area (Å²) >= 11 is 0. The van der Waals surface area contributed by atoms with Gasteiger partial charge in [0.05, 0.1) is 23.6 Å². The number of fused-ring (bicyclic) bond motifs is 1. The number of aromatic nitrogens is 2. The normalized spacial score (nSPS) is 14.1. The summed E-state index contributed by atoms with van der Waals surface area (Å²) in [7, 11) is 0. The highest BCUT2D eigenvalue weighted by molar-refractivity contribution is 7.59. The summed E-state index contributed by atoms with van der Waals surface area (Å²) in [6.45, 7) is 8.32. The van der Waals surface area contributed by atoms with Crippen molar-refractivity contribution in [2.45, 2.75) is 39.8 Å². The first-order valence-corrected chi connectivity index (χ1v) is 9.16. The second kappa shape index (κ2) is 11.7. The predicted molar refractivity (Wildman–Crippen MR) is 112 cm³/mol. The third-order valence-corrected chi connectivity index (χ3v) is 4.22. The number of benzene rings is 1. The molecular formula is C20H30N4O2S. The van der Waals surface area contributed by atoms with Gasteiger partial charge in [0, 0.05) is 26.2 Å². The van der Waals surface area contributed by atoms with Crippen LogP contribution in [0.25, 0.3) is 0 Å². The molecule has 1 aliphatic heterocycles. The monoisotopic (exact) mass is 390 g/mol. The summed E-state index contributed by atoms with van der Waals surface area (Å²) in [6, 6.07) is 10.1. The number of nitrogens with zero attached hydrogens (tertiary/aromatic N) is 3. The van der Waals surface area contributed by atoms with Crippen LogP contribution in [0.4, 0.5) is 0 Å². The van der Waals surface area contributed by atoms with E-state index >= 15 is 0 Å². The molecule has 6 nitrogen and oxygen atoms in total. The highest BCUT2D eigenvalue weighted by Gasteiger charge is 2.19. The molecule has 2 N–H and O–H groups in total. The van der Waals surface area contributed by atoms with Crippen molar-refractivity contribution in [3.05, 3.63) is 58.9 Å². The molecule has 1 amide bonds. The van der Waals surface area contributed by atoms with Crippen LogP contribution in [0, 0.1) is 6.92 Å². The zero-order valence-electron chi connectivity index (χ0n) is 16.3. The van der Waals surface area contributed by atoms with Gasteiger partial charge in [-0.3, -0.25) is 9.69 Å². The number of carbonyl (C=O) groups is 1. The molecule has 0 bridgehead atoms. The first-order valence-electron chi connectivity index (χ1n) is 9.16. The van der Waals surface area contributed by atoms with Crippen molar-refractivity contribution in [2.24, 2.45) is 0 Å². The Balaban J connectivity index is 0.00000118. The molecule has 148 valence electrons. The third kappa shape index (κ3) is 6.93. The SMILES string of the molecule is CC.Cc1cc(C(=O)NC[C@H](O)CN2CCc3ccccc3C2)cnn1.S. The minimum absolute atomic E-state index is 0. The van der Waals surface area contributed by atoms with Gasteiger partial charge in [-0.1, -0.05) is 38.1 Å². The Morgan fingerprint density at radius 2 is 2.00 bits per heavy atom. The van der Waals surface area contributed by atoms with Gasteiger partial charge in [-0.2, -0.15) is 23.7 Å². The van der Waals surface area contributed by atoms with E-state index in [0.29, 0.717) is 17.8 Å². The molecule has 1 atom stereocenters. The molecule has 2 aromatic rings. The Morgan fingerprint density at radius 1 is 1.30 bits per heavy atom. The van der Waals surface area contributed by atoms with E-state index in [-0.39, 0.29) is 25.9 Å². The molecule has 7 heteroatoms. The van der Waals surface area contributed by atoms with E-state index in [1.165, 1.54) is 17.3 Å². The number of hydrogen-bond acceptors (Lipinski definition) is 5. The lowest BCUT2D eigenvalue weighted by Gasteiger charge is -2.30. The van der Waals surface area contributed by atoms with Crippen LogP contribution in [-0.4, -0.2) is 51.8 Å². The predicted octanol–water partition coefficient (Wildman–Crippen LogP) is 2.07. The zero-order valence-corrected chi connectivity index (χ0v) is 17.3. The van der Waals surface area contributed by atoms with Gasteiger partial charge in [-0.15, -0.1) is 0 Å². The fourth-order valence-corrected chi connectivity index (χ4v) is 2.98. The Kier molecular flexibility index (Phi) is 9.99. The fourth-order valence-electron chi connectivity index (χ4n) is 2.98. The van der Waals surface area contributed by atoms with Crippen LogP contribution in [0.5, 0.6) is 0 Å². The molecular weight excluding hydrogens is 360 g/mol. The van der Waals surface area contributed by atoms with E-state index in [2.05, 4.69) is 38.6 Å². The highest BCUT2D eigenvalue weighted by Crippen LogP contribution is 2.18. The first kappa shape index (κ1) is 23.1. The number of nitrogens with one attached hydrogen (secondary N) is 1. The summed E-state index contributed by atoms with van der Waals surface area (Å²) < 4.78 is 0. The summed E-state index contributed by atoms with van der Waals surface area (Å²) in [4.78, 5) is 14.3. The largest absolute Gasteiger partial charge is 0.390 e. The third-order valence-electron chi connectivity index (χ3n) is 4.22. The molecule has 1 aromatic carbocycles. The smallest absolute Gasteiger partial charge is 0.253 e. The van der Waals surface area contributed by atoms with Crippen LogP contribution in [0.3, 0.4) is 0 Å². The number of carbonyl (C=O) groups excluding carboxylic acids is 1. The lowest BCUT2D eigenvalue weighted by atomic mass is 10.00. The molecule has 0 saturated carbocycles. The molecule has 3 rings (SSSR count). The number of amides is 1. The second-order valence-electron chi connectivity index (χ2n) is 6.20. The maximum absolute atomic E-state index is 12.1. The molecule has 2 heterocycles. The van der Waals surface area contributed by atoms with Crippen LogP contribution in [0.2, 0.25) is 0 Å². The van der Waals surface area contributed by atoms with Crippen LogP contribution in [-0.2, 0) is 13.0 Å². The van der Waals surface area contributed by atoms with E-state index < -0.39 is 6.10 Å². The standard InChI is InChI=1S/C18H22N4O2.C2H6.H2S/c1-13-8-16(9-20-21-13)18(24)19-10-17(23)12-22-7-6-14-4-2-3-5-15(14)11-22;1-2;/h2-5,8-9,17,23H,6-7,10-12H2,1H3,(H,19,24);1-2H3;1H2/t17-;;/m0../s1. The van der Waals surface area contributed by atoms with Crippen LogP contribution < -0.4 is 5.32 Å². The van der Waals surface area contributed by atoms with E-state index in [4.69, 9.17) is 0 Å². The van der Waals surface area contributed by atoms with Gasteiger partial charge in [-0.05, 0) is 30.5 Å². The molecule has 27 heavy (non-hydrogen) atoms. The van der Waals surface area contributed by atoms with Gasteiger partial charge in [0.2, 0.25) is 0 Å². The first-order chi connectivity index (χ1) is 12.6.